The maximum atomic E-state index is 12.6. The fraction of sp³-hybridized carbons (Fsp3) is 0.500. The lowest BCUT2D eigenvalue weighted by Crippen LogP contribution is -2.64. The lowest BCUT2D eigenvalue weighted by atomic mass is 10.1. The highest BCUT2D eigenvalue weighted by atomic mass is 16.2. The standard InChI is InChI=1S/C18H25N5O2/c1-5-22(6-2)17-19-15-14(16(24)20-18(25)21(15)4)23(17)11-13-9-7-8-12(3)10-13/h7-10,14-15H,5-6,11H2,1-4H3,(H,20,24,25). The van der Waals surface area contributed by atoms with E-state index in [-0.39, 0.29) is 5.91 Å². The molecule has 1 fully saturated rings. The summed E-state index contributed by atoms with van der Waals surface area (Å²) in [4.78, 5) is 34.9. The second kappa shape index (κ2) is 6.74. The molecule has 2 aliphatic heterocycles. The molecule has 3 rings (SSSR count). The fourth-order valence-electron chi connectivity index (χ4n) is 3.46. The lowest BCUT2D eigenvalue weighted by Gasteiger charge is -2.37. The number of hydrogen-bond donors (Lipinski definition) is 1. The molecule has 25 heavy (non-hydrogen) atoms. The first-order chi connectivity index (χ1) is 12.0. The number of carbonyl (C=O) groups is 2. The van der Waals surface area contributed by atoms with Crippen molar-refractivity contribution in [1.82, 2.24) is 20.0 Å². The average molecular weight is 343 g/mol. The van der Waals surface area contributed by atoms with Crippen molar-refractivity contribution in [3.05, 3.63) is 35.4 Å². The zero-order chi connectivity index (χ0) is 18.1. The van der Waals surface area contributed by atoms with Crippen molar-refractivity contribution in [2.24, 2.45) is 4.99 Å². The first-order valence-electron chi connectivity index (χ1n) is 8.68. The highest BCUT2D eigenvalue weighted by Crippen LogP contribution is 2.27. The van der Waals surface area contributed by atoms with Crippen LogP contribution in [-0.2, 0) is 11.3 Å². The summed E-state index contributed by atoms with van der Waals surface area (Å²) >= 11 is 0. The van der Waals surface area contributed by atoms with Crippen LogP contribution in [0.1, 0.15) is 25.0 Å². The molecule has 2 heterocycles. The molecular weight excluding hydrogens is 318 g/mol. The van der Waals surface area contributed by atoms with E-state index < -0.39 is 18.2 Å². The molecule has 0 aromatic heterocycles. The summed E-state index contributed by atoms with van der Waals surface area (Å²) in [5.74, 6) is 0.491. The Bertz CT molecular complexity index is 713. The third-order valence-corrected chi connectivity index (χ3v) is 4.82. The molecule has 0 saturated carbocycles. The SMILES string of the molecule is CCN(CC)C1=NC2C(C(=O)NC(=O)N2C)N1Cc1cccc(C)c1. The van der Waals surface area contributed by atoms with Gasteiger partial charge in [0.1, 0.15) is 0 Å². The van der Waals surface area contributed by atoms with Gasteiger partial charge in [0.15, 0.2) is 18.2 Å². The minimum atomic E-state index is -0.501. The number of nitrogens with one attached hydrogen (secondary N) is 1. The Morgan fingerprint density at radius 3 is 2.60 bits per heavy atom. The number of guanidine groups is 1. The van der Waals surface area contributed by atoms with Crippen LogP contribution >= 0.6 is 0 Å². The molecule has 1 aromatic rings. The Balaban J connectivity index is 1.98. The lowest BCUT2D eigenvalue weighted by molar-refractivity contribution is -0.127. The van der Waals surface area contributed by atoms with Crippen LogP contribution in [0.3, 0.4) is 0 Å². The molecule has 2 aliphatic rings. The van der Waals surface area contributed by atoms with Gasteiger partial charge < -0.3 is 14.7 Å². The van der Waals surface area contributed by atoms with Gasteiger partial charge in [0, 0.05) is 26.7 Å². The van der Waals surface area contributed by atoms with Gasteiger partial charge in [0.05, 0.1) is 0 Å². The summed E-state index contributed by atoms with van der Waals surface area (Å²) in [7, 11) is 1.68. The van der Waals surface area contributed by atoms with Gasteiger partial charge in [-0.05, 0) is 26.3 Å². The van der Waals surface area contributed by atoms with Crippen LogP contribution in [0.25, 0.3) is 0 Å². The number of aryl methyl sites for hydroxylation is 1. The number of aliphatic imine (C=N–C) groups is 1. The number of urea groups is 1. The van der Waals surface area contributed by atoms with E-state index in [0.717, 1.165) is 24.6 Å². The van der Waals surface area contributed by atoms with Gasteiger partial charge in [0.25, 0.3) is 5.91 Å². The fourth-order valence-corrected chi connectivity index (χ4v) is 3.46. The van der Waals surface area contributed by atoms with Crippen LogP contribution in [0, 0.1) is 6.92 Å². The number of imide groups is 1. The van der Waals surface area contributed by atoms with Crippen molar-refractivity contribution in [2.45, 2.75) is 39.5 Å². The van der Waals surface area contributed by atoms with Gasteiger partial charge in [0.2, 0.25) is 0 Å². The molecule has 3 amide bonds. The van der Waals surface area contributed by atoms with Crippen LogP contribution in [0.2, 0.25) is 0 Å². The van der Waals surface area contributed by atoms with E-state index >= 15 is 0 Å². The van der Waals surface area contributed by atoms with Gasteiger partial charge >= 0.3 is 6.03 Å². The van der Waals surface area contributed by atoms with Gasteiger partial charge in [-0.3, -0.25) is 10.1 Å². The number of nitrogens with zero attached hydrogens (tertiary/aromatic N) is 4. The third kappa shape index (κ3) is 3.06. The molecule has 0 radical (unpaired) electrons. The molecule has 2 atom stereocenters. The summed E-state index contributed by atoms with van der Waals surface area (Å²) in [5, 5.41) is 2.44. The van der Waals surface area contributed by atoms with Gasteiger partial charge in [-0.1, -0.05) is 29.8 Å². The summed E-state index contributed by atoms with van der Waals surface area (Å²) in [6.45, 7) is 8.33. The predicted octanol–water partition coefficient (Wildman–Crippen LogP) is 1.38. The normalized spacial score (nSPS) is 22.6. The molecule has 1 aromatic carbocycles. The number of benzene rings is 1. The first-order valence-corrected chi connectivity index (χ1v) is 8.68. The molecule has 7 heteroatoms. The number of rotatable bonds is 4. The minimum Gasteiger partial charge on any atom is -0.343 e. The predicted molar refractivity (Wildman–Crippen MR) is 96.0 cm³/mol. The maximum absolute atomic E-state index is 12.6. The van der Waals surface area contributed by atoms with E-state index in [1.165, 1.54) is 10.5 Å². The summed E-state index contributed by atoms with van der Waals surface area (Å²) in [6, 6.07) is 7.34. The number of carbonyl (C=O) groups excluding carboxylic acids is 2. The van der Waals surface area contributed by atoms with Crippen LogP contribution in [0.15, 0.2) is 29.3 Å². The van der Waals surface area contributed by atoms with Crippen molar-refractivity contribution < 1.29 is 9.59 Å². The second-order valence-corrected chi connectivity index (χ2v) is 6.48. The van der Waals surface area contributed by atoms with Crippen LogP contribution in [0.5, 0.6) is 0 Å². The molecule has 2 unspecified atom stereocenters. The Morgan fingerprint density at radius 2 is 1.96 bits per heavy atom. The molecule has 0 bridgehead atoms. The molecule has 1 N–H and O–H groups in total. The van der Waals surface area contributed by atoms with E-state index in [9.17, 15) is 9.59 Å². The van der Waals surface area contributed by atoms with E-state index in [1.54, 1.807) is 7.05 Å². The van der Waals surface area contributed by atoms with Crippen LogP contribution in [-0.4, -0.2) is 64.9 Å². The van der Waals surface area contributed by atoms with E-state index in [4.69, 9.17) is 4.99 Å². The van der Waals surface area contributed by atoms with Crippen molar-refractivity contribution in [3.8, 4) is 0 Å². The maximum Gasteiger partial charge on any atom is 0.325 e. The molecular formula is C18H25N5O2. The highest BCUT2D eigenvalue weighted by molar-refractivity contribution is 6.03. The van der Waals surface area contributed by atoms with Crippen molar-refractivity contribution in [1.29, 1.82) is 0 Å². The first kappa shape index (κ1) is 17.3. The molecule has 134 valence electrons. The topological polar surface area (TPSA) is 68.2 Å². The summed E-state index contributed by atoms with van der Waals surface area (Å²) in [5.41, 5.74) is 2.29. The molecule has 0 aliphatic carbocycles. The highest BCUT2D eigenvalue weighted by Gasteiger charge is 2.49. The van der Waals surface area contributed by atoms with Crippen LogP contribution < -0.4 is 5.32 Å². The van der Waals surface area contributed by atoms with E-state index in [2.05, 4.69) is 49.2 Å². The second-order valence-electron chi connectivity index (χ2n) is 6.48. The number of fused-ring (bicyclic) bond motifs is 1. The van der Waals surface area contributed by atoms with Crippen molar-refractivity contribution in [2.75, 3.05) is 20.1 Å². The zero-order valence-electron chi connectivity index (χ0n) is 15.2. The summed E-state index contributed by atoms with van der Waals surface area (Å²) < 4.78 is 0. The zero-order valence-corrected chi connectivity index (χ0v) is 15.2. The smallest absolute Gasteiger partial charge is 0.325 e. The largest absolute Gasteiger partial charge is 0.343 e. The Hall–Kier alpha value is -2.57. The van der Waals surface area contributed by atoms with Gasteiger partial charge in [-0.2, -0.15) is 0 Å². The van der Waals surface area contributed by atoms with Crippen LogP contribution in [0.4, 0.5) is 4.79 Å². The number of amides is 3. The summed E-state index contributed by atoms with van der Waals surface area (Å²) in [6.07, 6.45) is -0.485. The number of hydrogen-bond acceptors (Lipinski definition) is 5. The molecule has 1 saturated heterocycles. The Labute approximate surface area is 148 Å². The van der Waals surface area contributed by atoms with Gasteiger partial charge in [-0.15, -0.1) is 0 Å². The molecule has 7 nitrogen and oxygen atoms in total. The monoisotopic (exact) mass is 343 g/mol. The van der Waals surface area contributed by atoms with Crippen molar-refractivity contribution >= 4 is 17.9 Å². The Morgan fingerprint density at radius 1 is 1.24 bits per heavy atom. The van der Waals surface area contributed by atoms with Crippen molar-refractivity contribution in [3.63, 3.8) is 0 Å². The quantitative estimate of drug-likeness (QED) is 0.897. The number of likely N-dealkylation sites (N-methyl/N-ethyl adjacent to an activating group) is 1. The van der Waals surface area contributed by atoms with Gasteiger partial charge in [-0.25, -0.2) is 9.79 Å². The Kier molecular flexibility index (Phi) is 4.65. The third-order valence-electron chi connectivity index (χ3n) is 4.82. The van der Waals surface area contributed by atoms with E-state index in [0.29, 0.717) is 6.54 Å². The average Bonchev–Trinajstić information content (AvgIpc) is 2.94. The minimum absolute atomic E-state index is 0.286. The molecule has 0 spiro atoms. The van der Waals surface area contributed by atoms with E-state index in [1.807, 2.05) is 11.0 Å².